The molecule has 0 radical (unpaired) electrons. The summed E-state index contributed by atoms with van der Waals surface area (Å²) in [5, 5.41) is 0. The summed E-state index contributed by atoms with van der Waals surface area (Å²) < 4.78 is 13.0. The third-order valence-corrected chi connectivity index (χ3v) is 5.07. The number of hydrogen-bond acceptors (Lipinski definition) is 5. The van der Waals surface area contributed by atoms with E-state index in [2.05, 4.69) is 4.98 Å². The minimum Gasteiger partial charge on any atom is -0.490 e. The molecule has 0 saturated carbocycles. The standard InChI is InChI=1S/C19H18N2O3S/c1-13-4-2-5-18-20-14(10-19(22)21(13)18)12-25-15-6-7-16-17(11-15)24-9-3-8-23-16/h2,4-7,10-11H,3,8-9,12H2,1H3. The van der Waals surface area contributed by atoms with E-state index in [1.807, 2.05) is 43.3 Å². The number of rotatable bonds is 3. The lowest BCUT2D eigenvalue weighted by atomic mass is 10.3. The van der Waals surface area contributed by atoms with Crippen LogP contribution < -0.4 is 15.0 Å². The monoisotopic (exact) mass is 354 g/mol. The lowest BCUT2D eigenvalue weighted by molar-refractivity contribution is 0.297. The molecule has 25 heavy (non-hydrogen) atoms. The predicted molar refractivity (Wildman–Crippen MR) is 97.8 cm³/mol. The second kappa shape index (κ2) is 6.80. The number of hydrogen-bond donors (Lipinski definition) is 0. The number of fused-ring (bicyclic) bond motifs is 2. The normalized spacial score (nSPS) is 13.6. The highest BCUT2D eigenvalue weighted by Gasteiger charge is 2.11. The summed E-state index contributed by atoms with van der Waals surface area (Å²) in [6, 6.07) is 13.2. The van der Waals surface area contributed by atoms with Gasteiger partial charge in [-0.3, -0.25) is 9.20 Å². The number of aryl methyl sites for hydroxylation is 1. The molecule has 0 N–H and O–H groups in total. The summed E-state index contributed by atoms with van der Waals surface area (Å²) in [7, 11) is 0. The molecule has 1 aromatic carbocycles. The highest BCUT2D eigenvalue weighted by molar-refractivity contribution is 7.98. The highest BCUT2D eigenvalue weighted by Crippen LogP contribution is 2.34. The molecule has 0 amide bonds. The zero-order chi connectivity index (χ0) is 17.2. The Morgan fingerprint density at radius 3 is 2.84 bits per heavy atom. The first kappa shape index (κ1) is 16.0. The van der Waals surface area contributed by atoms with Crippen molar-refractivity contribution in [1.29, 1.82) is 0 Å². The van der Waals surface area contributed by atoms with Crippen LogP contribution >= 0.6 is 11.8 Å². The Labute approximate surface area is 149 Å². The zero-order valence-electron chi connectivity index (χ0n) is 13.9. The fourth-order valence-electron chi connectivity index (χ4n) is 2.83. The highest BCUT2D eigenvalue weighted by atomic mass is 32.2. The molecular weight excluding hydrogens is 336 g/mol. The Bertz CT molecular complexity index is 984. The summed E-state index contributed by atoms with van der Waals surface area (Å²) in [5.41, 5.74) is 2.30. The molecule has 0 aliphatic carbocycles. The first-order valence-corrected chi connectivity index (χ1v) is 9.20. The number of benzene rings is 1. The molecule has 6 heteroatoms. The zero-order valence-corrected chi connectivity index (χ0v) is 14.7. The van der Waals surface area contributed by atoms with Crippen LogP contribution in [0.5, 0.6) is 11.5 Å². The number of ether oxygens (including phenoxy) is 2. The van der Waals surface area contributed by atoms with E-state index < -0.39 is 0 Å². The maximum Gasteiger partial charge on any atom is 0.258 e. The number of thioether (sulfide) groups is 1. The minimum atomic E-state index is -0.0441. The van der Waals surface area contributed by atoms with E-state index in [0.29, 0.717) is 24.6 Å². The van der Waals surface area contributed by atoms with E-state index in [0.717, 1.165) is 34.2 Å². The Hall–Kier alpha value is -2.47. The molecular formula is C19H18N2O3S. The summed E-state index contributed by atoms with van der Waals surface area (Å²) in [6.07, 6.45) is 0.890. The van der Waals surface area contributed by atoms with E-state index in [-0.39, 0.29) is 5.56 Å². The first-order chi connectivity index (χ1) is 12.2. The second-order valence-electron chi connectivity index (χ2n) is 5.89. The summed E-state index contributed by atoms with van der Waals surface area (Å²) in [4.78, 5) is 18.0. The molecule has 0 unspecified atom stereocenters. The molecule has 3 heterocycles. The van der Waals surface area contributed by atoms with Crippen molar-refractivity contribution < 1.29 is 9.47 Å². The lowest BCUT2D eigenvalue weighted by Gasteiger charge is -2.09. The van der Waals surface area contributed by atoms with Crippen molar-refractivity contribution in [1.82, 2.24) is 9.38 Å². The van der Waals surface area contributed by atoms with E-state index in [1.165, 1.54) is 0 Å². The molecule has 4 rings (SSSR count). The topological polar surface area (TPSA) is 52.8 Å². The molecule has 5 nitrogen and oxygen atoms in total. The van der Waals surface area contributed by atoms with Crippen LogP contribution in [0.4, 0.5) is 0 Å². The van der Waals surface area contributed by atoms with Crippen molar-refractivity contribution in [2.45, 2.75) is 24.0 Å². The molecule has 3 aromatic rings. The van der Waals surface area contributed by atoms with Crippen LogP contribution in [-0.4, -0.2) is 22.6 Å². The summed E-state index contributed by atoms with van der Waals surface area (Å²) >= 11 is 1.63. The van der Waals surface area contributed by atoms with Crippen LogP contribution in [0.25, 0.3) is 5.65 Å². The van der Waals surface area contributed by atoms with Crippen LogP contribution in [-0.2, 0) is 5.75 Å². The van der Waals surface area contributed by atoms with Crippen LogP contribution in [0, 0.1) is 6.92 Å². The average molecular weight is 354 g/mol. The number of pyridine rings is 1. The van der Waals surface area contributed by atoms with Gasteiger partial charge in [0.25, 0.3) is 5.56 Å². The van der Waals surface area contributed by atoms with E-state index >= 15 is 0 Å². The molecule has 0 bridgehead atoms. The lowest BCUT2D eigenvalue weighted by Crippen LogP contribution is -2.17. The van der Waals surface area contributed by atoms with Gasteiger partial charge in [0.1, 0.15) is 5.65 Å². The van der Waals surface area contributed by atoms with Crippen LogP contribution in [0.3, 0.4) is 0 Å². The van der Waals surface area contributed by atoms with Crippen LogP contribution in [0.15, 0.2) is 52.2 Å². The first-order valence-electron chi connectivity index (χ1n) is 8.21. The van der Waals surface area contributed by atoms with Crippen molar-refractivity contribution in [2.75, 3.05) is 13.2 Å². The summed E-state index contributed by atoms with van der Waals surface area (Å²) in [6.45, 7) is 3.26. The molecule has 1 aliphatic rings. The Kier molecular flexibility index (Phi) is 4.36. The van der Waals surface area contributed by atoms with Gasteiger partial charge in [0.05, 0.1) is 18.9 Å². The van der Waals surface area contributed by atoms with Gasteiger partial charge in [-0.15, -0.1) is 11.8 Å². The molecule has 1 aliphatic heterocycles. The quantitative estimate of drug-likeness (QED) is 0.674. The van der Waals surface area contributed by atoms with Gasteiger partial charge in [0, 0.05) is 28.8 Å². The summed E-state index contributed by atoms with van der Waals surface area (Å²) in [5.74, 6) is 2.20. The Morgan fingerprint density at radius 1 is 1.12 bits per heavy atom. The Balaban J connectivity index is 1.56. The molecule has 0 spiro atoms. The predicted octanol–water partition coefficient (Wildman–Crippen LogP) is 3.46. The third-order valence-electron chi connectivity index (χ3n) is 4.04. The van der Waals surface area contributed by atoms with Crippen molar-refractivity contribution in [3.8, 4) is 11.5 Å². The van der Waals surface area contributed by atoms with Gasteiger partial charge < -0.3 is 9.47 Å². The average Bonchev–Trinajstić information content (AvgIpc) is 2.84. The van der Waals surface area contributed by atoms with Gasteiger partial charge >= 0.3 is 0 Å². The fourth-order valence-corrected chi connectivity index (χ4v) is 3.65. The van der Waals surface area contributed by atoms with Gasteiger partial charge in [-0.1, -0.05) is 6.07 Å². The number of aromatic nitrogens is 2. The fraction of sp³-hybridized carbons (Fsp3) is 0.263. The van der Waals surface area contributed by atoms with Gasteiger partial charge in [0.15, 0.2) is 11.5 Å². The van der Waals surface area contributed by atoms with E-state index in [4.69, 9.17) is 9.47 Å². The maximum absolute atomic E-state index is 12.3. The van der Waals surface area contributed by atoms with Gasteiger partial charge in [-0.05, 0) is 37.3 Å². The van der Waals surface area contributed by atoms with Crippen molar-refractivity contribution in [2.24, 2.45) is 0 Å². The SMILES string of the molecule is Cc1cccc2nc(CSc3ccc4c(c3)OCCCO4)cc(=O)n12. The van der Waals surface area contributed by atoms with Crippen LogP contribution in [0.2, 0.25) is 0 Å². The third kappa shape index (κ3) is 3.35. The number of nitrogens with zero attached hydrogens (tertiary/aromatic N) is 2. The molecule has 0 atom stereocenters. The van der Waals surface area contributed by atoms with Crippen LogP contribution in [0.1, 0.15) is 17.8 Å². The molecule has 2 aromatic heterocycles. The second-order valence-corrected chi connectivity index (χ2v) is 6.94. The smallest absolute Gasteiger partial charge is 0.258 e. The molecule has 0 saturated heterocycles. The van der Waals surface area contributed by atoms with Crippen molar-refractivity contribution in [3.05, 3.63) is 64.2 Å². The minimum absolute atomic E-state index is 0.0441. The Morgan fingerprint density at radius 2 is 1.96 bits per heavy atom. The van der Waals surface area contributed by atoms with Crippen molar-refractivity contribution in [3.63, 3.8) is 0 Å². The van der Waals surface area contributed by atoms with Gasteiger partial charge in [-0.2, -0.15) is 0 Å². The van der Waals surface area contributed by atoms with Crippen molar-refractivity contribution >= 4 is 17.4 Å². The van der Waals surface area contributed by atoms with Gasteiger partial charge in [0.2, 0.25) is 0 Å². The largest absolute Gasteiger partial charge is 0.490 e. The molecule has 0 fully saturated rings. The molecule has 128 valence electrons. The van der Waals surface area contributed by atoms with E-state index in [9.17, 15) is 4.79 Å². The van der Waals surface area contributed by atoms with Gasteiger partial charge in [-0.25, -0.2) is 4.98 Å². The maximum atomic E-state index is 12.3. The van der Waals surface area contributed by atoms with E-state index in [1.54, 1.807) is 22.2 Å².